The highest BCUT2D eigenvalue weighted by Crippen LogP contribution is 2.39. The Kier molecular flexibility index (Phi) is 5.36. The third kappa shape index (κ3) is 4.57. The van der Waals surface area contributed by atoms with Crippen molar-refractivity contribution in [3.8, 4) is 5.75 Å². The molecule has 0 radical (unpaired) electrons. The number of amides is 1. The molecule has 0 bridgehead atoms. The molecular formula is C22H30N2O2. The molecule has 0 saturated carbocycles. The highest BCUT2D eigenvalue weighted by atomic mass is 16.3. The zero-order chi connectivity index (χ0) is 19.7. The van der Waals surface area contributed by atoms with E-state index in [4.69, 9.17) is 5.73 Å². The fourth-order valence-electron chi connectivity index (χ4n) is 2.90. The lowest BCUT2D eigenvalue weighted by Crippen LogP contribution is -2.25. The molecule has 4 N–H and O–H groups in total. The Hall–Kier alpha value is -2.49. The maximum atomic E-state index is 12.7. The van der Waals surface area contributed by atoms with Gasteiger partial charge in [0.1, 0.15) is 5.75 Å². The average Bonchev–Trinajstić information content (AvgIpc) is 2.50. The molecule has 2 aromatic rings. The molecule has 2 rings (SSSR count). The van der Waals surface area contributed by atoms with Crippen molar-refractivity contribution in [3.05, 3.63) is 58.7 Å². The Bertz CT molecular complexity index is 777. The summed E-state index contributed by atoms with van der Waals surface area (Å²) in [5.74, 6) is 0.112. The van der Waals surface area contributed by atoms with Gasteiger partial charge in [0.25, 0.3) is 5.91 Å². The smallest absolute Gasteiger partial charge is 0.251 e. The third-order valence-corrected chi connectivity index (χ3v) is 4.39. The van der Waals surface area contributed by atoms with Gasteiger partial charge in [-0.15, -0.1) is 0 Å². The summed E-state index contributed by atoms with van der Waals surface area (Å²) < 4.78 is 0. The zero-order valence-corrected chi connectivity index (χ0v) is 16.6. The Morgan fingerprint density at radius 2 is 1.54 bits per heavy atom. The molecule has 0 aromatic heterocycles. The second kappa shape index (κ2) is 7.02. The first-order chi connectivity index (χ1) is 11.9. The van der Waals surface area contributed by atoms with E-state index in [1.54, 1.807) is 12.1 Å². The van der Waals surface area contributed by atoms with Gasteiger partial charge in [0.2, 0.25) is 0 Å². The molecule has 0 saturated heterocycles. The molecule has 4 nitrogen and oxygen atoms in total. The monoisotopic (exact) mass is 354 g/mol. The average molecular weight is 354 g/mol. The van der Waals surface area contributed by atoms with E-state index in [2.05, 4.69) is 5.32 Å². The summed E-state index contributed by atoms with van der Waals surface area (Å²) in [4.78, 5) is 12.7. The molecule has 140 valence electrons. The molecule has 0 atom stereocenters. The van der Waals surface area contributed by atoms with Gasteiger partial charge in [-0.05, 0) is 40.7 Å². The van der Waals surface area contributed by atoms with Crippen molar-refractivity contribution in [2.45, 2.75) is 58.9 Å². The summed E-state index contributed by atoms with van der Waals surface area (Å²) in [6.45, 7) is 12.6. The maximum Gasteiger partial charge on any atom is 0.251 e. The predicted octanol–water partition coefficient (Wildman–Crippen LogP) is 4.50. The van der Waals surface area contributed by atoms with Crippen LogP contribution in [0.15, 0.2) is 36.4 Å². The van der Waals surface area contributed by atoms with Crippen molar-refractivity contribution >= 4 is 11.6 Å². The maximum absolute atomic E-state index is 12.7. The van der Waals surface area contributed by atoms with E-state index in [0.29, 0.717) is 17.8 Å². The van der Waals surface area contributed by atoms with Crippen LogP contribution in [-0.2, 0) is 17.4 Å². The standard InChI is InChI=1S/C22H30N2O2/c1-21(2,3)17-11-15(12-18(19(17)25)22(4,5)6)20(26)24-13-14-8-7-9-16(23)10-14/h7-12,25H,13,23H2,1-6H3,(H,24,26). The van der Waals surface area contributed by atoms with E-state index in [9.17, 15) is 9.90 Å². The molecule has 0 unspecified atom stereocenters. The van der Waals surface area contributed by atoms with Crippen LogP contribution < -0.4 is 11.1 Å². The lowest BCUT2D eigenvalue weighted by Gasteiger charge is -2.28. The van der Waals surface area contributed by atoms with Crippen molar-refractivity contribution in [1.82, 2.24) is 5.32 Å². The van der Waals surface area contributed by atoms with Crippen molar-refractivity contribution < 1.29 is 9.90 Å². The Labute approximate surface area is 156 Å². The summed E-state index contributed by atoms with van der Waals surface area (Å²) in [7, 11) is 0. The Balaban J connectivity index is 2.37. The van der Waals surface area contributed by atoms with Gasteiger partial charge in [-0.3, -0.25) is 4.79 Å². The number of aromatic hydroxyl groups is 1. The van der Waals surface area contributed by atoms with E-state index in [0.717, 1.165) is 16.7 Å². The number of nitrogens with two attached hydrogens (primary N) is 1. The second-order valence-corrected chi connectivity index (χ2v) is 8.85. The van der Waals surface area contributed by atoms with Crippen LogP contribution in [0.3, 0.4) is 0 Å². The van der Waals surface area contributed by atoms with E-state index in [1.165, 1.54) is 0 Å². The van der Waals surface area contributed by atoms with E-state index >= 15 is 0 Å². The number of hydrogen-bond acceptors (Lipinski definition) is 3. The molecule has 0 aliphatic carbocycles. The van der Waals surface area contributed by atoms with Gasteiger partial charge in [0, 0.05) is 28.9 Å². The molecule has 2 aromatic carbocycles. The number of phenols is 1. The van der Waals surface area contributed by atoms with Crippen LogP contribution in [0.2, 0.25) is 0 Å². The van der Waals surface area contributed by atoms with Crippen LogP contribution in [0, 0.1) is 0 Å². The summed E-state index contributed by atoms with van der Waals surface area (Å²) >= 11 is 0. The Morgan fingerprint density at radius 1 is 1.00 bits per heavy atom. The van der Waals surface area contributed by atoms with Crippen LogP contribution in [0.25, 0.3) is 0 Å². The number of carbonyl (C=O) groups excluding carboxylic acids is 1. The van der Waals surface area contributed by atoms with Crippen LogP contribution >= 0.6 is 0 Å². The number of anilines is 1. The highest BCUT2D eigenvalue weighted by Gasteiger charge is 2.27. The molecule has 0 aliphatic rings. The van der Waals surface area contributed by atoms with E-state index in [1.807, 2.05) is 65.8 Å². The zero-order valence-electron chi connectivity index (χ0n) is 16.6. The third-order valence-electron chi connectivity index (χ3n) is 4.39. The number of hydrogen-bond donors (Lipinski definition) is 3. The van der Waals surface area contributed by atoms with Crippen molar-refractivity contribution in [2.24, 2.45) is 0 Å². The van der Waals surface area contributed by atoms with Gasteiger partial charge in [0.05, 0.1) is 0 Å². The summed E-state index contributed by atoms with van der Waals surface area (Å²) in [5.41, 5.74) is 8.98. The van der Waals surface area contributed by atoms with Crippen LogP contribution in [-0.4, -0.2) is 11.0 Å². The molecule has 4 heteroatoms. The van der Waals surface area contributed by atoms with Crippen LogP contribution in [0.5, 0.6) is 5.75 Å². The first-order valence-corrected chi connectivity index (χ1v) is 8.90. The first kappa shape index (κ1) is 19.8. The minimum Gasteiger partial charge on any atom is -0.507 e. The summed E-state index contributed by atoms with van der Waals surface area (Å²) in [5, 5.41) is 13.7. The minimum atomic E-state index is -0.270. The lowest BCUT2D eigenvalue weighted by molar-refractivity contribution is 0.0950. The number of benzene rings is 2. The minimum absolute atomic E-state index is 0.163. The van der Waals surface area contributed by atoms with Gasteiger partial charge in [-0.2, -0.15) is 0 Å². The predicted molar refractivity (Wildman–Crippen MR) is 108 cm³/mol. The summed E-state index contributed by atoms with van der Waals surface area (Å²) in [6, 6.07) is 11.0. The molecule has 0 heterocycles. The number of nitrogen functional groups attached to an aromatic ring is 1. The van der Waals surface area contributed by atoms with Crippen molar-refractivity contribution in [2.75, 3.05) is 5.73 Å². The Morgan fingerprint density at radius 3 is 2.00 bits per heavy atom. The number of nitrogens with one attached hydrogen (secondary N) is 1. The number of phenolic OH excluding ortho intramolecular Hbond substituents is 1. The molecule has 1 amide bonds. The molecular weight excluding hydrogens is 324 g/mol. The number of carbonyl (C=O) groups is 1. The molecule has 0 aliphatic heterocycles. The summed E-state index contributed by atoms with van der Waals surface area (Å²) in [6.07, 6.45) is 0. The van der Waals surface area contributed by atoms with Gasteiger partial charge >= 0.3 is 0 Å². The topological polar surface area (TPSA) is 75.4 Å². The SMILES string of the molecule is CC(C)(C)c1cc(C(=O)NCc2cccc(N)c2)cc(C(C)(C)C)c1O. The number of rotatable bonds is 3. The largest absolute Gasteiger partial charge is 0.507 e. The van der Waals surface area contributed by atoms with Crippen molar-refractivity contribution in [1.29, 1.82) is 0 Å². The van der Waals surface area contributed by atoms with Crippen LogP contribution in [0.4, 0.5) is 5.69 Å². The van der Waals surface area contributed by atoms with Gasteiger partial charge in [0.15, 0.2) is 0 Å². The van der Waals surface area contributed by atoms with E-state index < -0.39 is 0 Å². The fourth-order valence-corrected chi connectivity index (χ4v) is 2.90. The quantitative estimate of drug-likeness (QED) is 0.710. The van der Waals surface area contributed by atoms with Crippen LogP contribution in [0.1, 0.15) is 68.6 Å². The molecule has 0 spiro atoms. The molecule has 0 fully saturated rings. The first-order valence-electron chi connectivity index (χ1n) is 8.90. The van der Waals surface area contributed by atoms with Gasteiger partial charge in [-0.1, -0.05) is 53.7 Å². The van der Waals surface area contributed by atoms with E-state index in [-0.39, 0.29) is 22.5 Å². The molecule has 26 heavy (non-hydrogen) atoms. The second-order valence-electron chi connectivity index (χ2n) is 8.85. The fraction of sp³-hybridized carbons (Fsp3) is 0.409. The van der Waals surface area contributed by atoms with Gasteiger partial charge < -0.3 is 16.2 Å². The van der Waals surface area contributed by atoms with Gasteiger partial charge in [-0.25, -0.2) is 0 Å². The normalized spacial score (nSPS) is 12.1. The van der Waals surface area contributed by atoms with Crippen molar-refractivity contribution in [3.63, 3.8) is 0 Å². The lowest BCUT2D eigenvalue weighted by atomic mass is 9.78. The highest BCUT2D eigenvalue weighted by molar-refractivity contribution is 5.95.